The van der Waals surface area contributed by atoms with Crippen molar-refractivity contribution >= 4 is 12.2 Å². The maximum atomic E-state index is 11.8. The lowest BCUT2D eigenvalue weighted by atomic mass is 10.1. The molecule has 1 aliphatic heterocycles. The number of aromatic amines is 1. The molecule has 2 rings (SSSR count). The summed E-state index contributed by atoms with van der Waals surface area (Å²) in [5.41, 5.74) is 0.734. The maximum absolute atomic E-state index is 11.8. The van der Waals surface area contributed by atoms with Crippen molar-refractivity contribution in [2.75, 3.05) is 6.54 Å². The third-order valence-electron chi connectivity index (χ3n) is 2.80. The molecule has 1 fully saturated rings. The minimum absolute atomic E-state index is 0.133. The van der Waals surface area contributed by atoms with Crippen LogP contribution in [-0.2, 0) is 16.0 Å². The molecular weight excluding hydrogens is 220 g/mol. The second-order valence-corrected chi connectivity index (χ2v) is 4.09. The van der Waals surface area contributed by atoms with Crippen LogP contribution in [0.4, 0.5) is 0 Å². The Morgan fingerprint density at radius 3 is 3.18 bits per heavy atom. The smallest absolute Gasteiger partial charge is 0.237 e. The zero-order valence-corrected chi connectivity index (χ0v) is 9.40. The molecule has 3 N–H and O–H groups in total. The van der Waals surface area contributed by atoms with Crippen molar-refractivity contribution in [2.45, 2.75) is 31.3 Å². The molecule has 17 heavy (non-hydrogen) atoms. The van der Waals surface area contributed by atoms with Crippen LogP contribution in [0.15, 0.2) is 12.5 Å². The van der Waals surface area contributed by atoms with Crippen LogP contribution in [0.25, 0.3) is 0 Å². The molecule has 6 nitrogen and oxygen atoms in total. The molecule has 0 aliphatic carbocycles. The van der Waals surface area contributed by atoms with Gasteiger partial charge in [0.25, 0.3) is 0 Å². The van der Waals surface area contributed by atoms with E-state index < -0.39 is 6.04 Å². The van der Waals surface area contributed by atoms with Gasteiger partial charge in [-0.2, -0.15) is 0 Å². The van der Waals surface area contributed by atoms with E-state index in [2.05, 4.69) is 20.6 Å². The summed E-state index contributed by atoms with van der Waals surface area (Å²) in [6.45, 7) is 0.854. The van der Waals surface area contributed by atoms with Gasteiger partial charge in [-0.25, -0.2) is 4.98 Å². The largest absolute Gasteiger partial charge is 0.351 e. The molecular formula is C11H15N4O2. The van der Waals surface area contributed by atoms with E-state index in [-0.39, 0.29) is 11.9 Å². The molecule has 91 valence electrons. The maximum Gasteiger partial charge on any atom is 0.237 e. The van der Waals surface area contributed by atoms with Gasteiger partial charge >= 0.3 is 0 Å². The average Bonchev–Trinajstić information content (AvgIpc) is 3.00. The van der Waals surface area contributed by atoms with Gasteiger partial charge in [-0.05, 0) is 19.4 Å². The number of carbonyl (C=O) groups excluding carboxylic acids is 2. The Morgan fingerprint density at radius 2 is 2.59 bits per heavy atom. The molecule has 0 saturated carbocycles. The first-order valence-electron chi connectivity index (χ1n) is 5.68. The Balaban J connectivity index is 1.86. The van der Waals surface area contributed by atoms with Crippen molar-refractivity contribution in [3.63, 3.8) is 0 Å². The van der Waals surface area contributed by atoms with Crippen LogP contribution >= 0.6 is 0 Å². The predicted molar refractivity (Wildman–Crippen MR) is 60.9 cm³/mol. The molecule has 1 amide bonds. The fourth-order valence-corrected chi connectivity index (χ4v) is 1.91. The van der Waals surface area contributed by atoms with Gasteiger partial charge in [0, 0.05) is 12.6 Å². The molecule has 1 radical (unpaired) electrons. The Morgan fingerprint density at radius 1 is 1.71 bits per heavy atom. The molecule has 1 saturated heterocycles. The van der Waals surface area contributed by atoms with Gasteiger partial charge in [0.1, 0.15) is 6.04 Å². The Hall–Kier alpha value is -1.69. The van der Waals surface area contributed by atoms with Crippen molar-refractivity contribution in [1.82, 2.24) is 20.6 Å². The third kappa shape index (κ3) is 3.13. The first kappa shape index (κ1) is 11.8. The van der Waals surface area contributed by atoms with Gasteiger partial charge in [0.2, 0.25) is 12.2 Å². The summed E-state index contributed by atoms with van der Waals surface area (Å²) in [7, 11) is 0. The molecule has 2 heterocycles. The molecule has 1 aromatic rings. The predicted octanol–water partition coefficient (Wildman–Crippen LogP) is -0.701. The number of carbonyl (C=O) groups is 1. The summed E-state index contributed by atoms with van der Waals surface area (Å²) in [4.78, 5) is 29.4. The minimum atomic E-state index is -0.631. The minimum Gasteiger partial charge on any atom is -0.351 e. The number of aromatic nitrogens is 2. The van der Waals surface area contributed by atoms with Crippen LogP contribution < -0.4 is 10.6 Å². The number of nitrogens with one attached hydrogen (secondary N) is 3. The van der Waals surface area contributed by atoms with E-state index in [4.69, 9.17) is 0 Å². The number of hydrogen-bond acceptors (Lipinski definition) is 4. The SMILES string of the molecule is O=[C][C@H](Cc1c[nH]cn1)NC(=O)C1CCCN1. The number of rotatable bonds is 5. The van der Waals surface area contributed by atoms with E-state index in [1.165, 1.54) is 6.33 Å². The summed E-state index contributed by atoms with van der Waals surface area (Å²) < 4.78 is 0. The summed E-state index contributed by atoms with van der Waals surface area (Å²) in [5, 5.41) is 5.75. The fraction of sp³-hybridized carbons (Fsp3) is 0.545. The number of H-pyrrole nitrogens is 1. The number of amides is 1. The van der Waals surface area contributed by atoms with Gasteiger partial charge in [-0.3, -0.25) is 9.59 Å². The lowest BCUT2D eigenvalue weighted by Crippen LogP contribution is -2.46. The molecule has 1 aromatic heterocycles. The highest BCUT2D eigenvalue weighted by atomic mass is 16.2. The van der Waals surface area contributed by atoms with Crippen LogP contribution in [0, 0.1) is 0 Å². The normalized spacial score (nSPS) is 21.1. The fourth-order valence-electron chi connectivity index (χ4n) is 1.91. The highest BCUT2D eigenvalue weighted by Gasteiger charge is 2.24. The first-order chi connectivity index (χ1) is 8.29. The highest BCUT2D eigenvalue weighted by molar-refractivity contribution is 5.84. The summed E-state index contributed by atoms with van der Waals surface area (Å²) in [6.07, 6.45) is 7.25. The van der Waals surface area contributed by atoms with Crippen molar-refractivity contribution in [1.29, 1.82) is 0 Å². The zero-order chi connectivity index (χ0) is 12.1. The Labute approximate surface area is 99.2 Å². The monoisotopic (exact) mass is 235 g/mol. The van der Waals surface area contributed by atoms with Gasteiger partial charge in [-0.1, -0.05) is 0 Å². The average molecular weight is 235 g/mol. The number of hydrogen-bond donors (Lipinski definition) is 3. The number of nitrogens with zero attached hydrogens (tertiary/aromatic N) is 1. The quantitative estimate of drug-likeness (QED) is 0.629. The second-order valence-electron chi connectivity index (χ2n) is 4.09. The van der Waals surface area contributed by atoms with Crippen LogP contribution in [0.1, 0.15) is 18.5 Å². The van der Waals surface area contributed by atoms with Crippen LogP contribution in [0.5, 0.6) is 0 Å². The van der Waals surface area contributed by atoms with Crippen LogP contribution in [0.3, 0.4) is 0 Å². The molecule has 6 heteroatoms. The van der Waals surface area contributed by atoms with Gasteiger partial charge in [0.05, 0.1) is 18.1 Å². The molecule has 0 bridgehead atoms. The van der Waals surface area contributed by atoms with Gasteiger partial charge in [-0.15, -0.1) is 0 Å². The molecule has 1 aliphatic rings. The van der Waals surface area contributed by atoms with Gasteiger partial charge < -0.3 is 15.6 Å². The second kappa shape index (κ2) is 5.58. The van der Waals surface area contributed by atoms with E-state index in [1.807, 2.05) is 6.29 Å². The molecule has 2 atom stereocenters. The lowest BCUT2D eigenvalue weighted by molar-refractivity contribution is -0.123. The van der Waals surface area contributed by atoms with Crippen LogP contribution in [0.2, 0.25) is 0 Å². The summed E-state index contributed by atoms with van der Waals surface area (Å²) >= 11 is 0. The number of imidazole rings is 1. The molecule has 1 unspecified atom stereocenters. The van der Waals surface area contributed by atoms with E-state index in [9.17, 15) is 9.59 Å². The zero-order valence-electron chi connectivity index (χ0n) is 9.40. The summed E-state index contributed by atoms with van der Waals surface area (Å²) in [6, 6.07) is -0.807. The van der Waals surface area contributed by atoms with E-state index in [1.54, 1.807) is 6.20 Å². The Kier molecular flexibility index (Phi) is 3.87. The lowest BCUT2D eigenvalue weighted by Gasteiger charge is -2.14. The van der Waals surface area contributed by atoms with Crippen molar-refractivity contribution < 1.29 is 9.59 Å². The molecule has 0 spiro atoms. The van der Waals surface area contributed by atoms with Crippen LogP contribution in [-0.4, -0.2) is 40.8 Å². The van der Waals surface area contributed by atoms with E-state index in [0.29, 0.717) is 6.42 Å². The van der Waals surface area contributed by atoms with Crippen molar-refractivity contribution in [3.8, 4) is 0 Å². The third-order valence-corrected chi connectivity index (χ3v) is 2.80. The molecule has 0 aromatic carbocycles. The highest BCUT2D eigenvalue weighted by Crippen LogP contribution is 2.05. The Bertz CT molecular complexity index is 371. The van der Waals surface area contributed by atoms with Crippen molar-refractivity contribution in [3.05, 3.63) is 18.2 Å². The first-order valence-corrected chi connectivity index (χ1v) is 5.68. The van der Waals surface area contributed by atoms with E-state index in [0.717, 1.165) is 25.1 Å². The standard InChI is InChI=1S/C11H15N4O2/c16-6-9(4-8-5-12-7-14-8)15-11(17)10-2-1-3-13-10/h5,7,9-10,13H,1-4H2,(H,12,14)(H,15,17)/t9-,10?/m0/s1. The van der Waals surface area contributed by atoms with E-state index >= 15 is 0 Å². The van der Waals surface area contributed by atoms with Gasteiger partial charge in [0.15, 0.2) is 0 Å². The summed E-state index contributed by atoms with van der Waals surface area (Å²) in [5.74, 6) is -0.133. The topological polar surface area (TPSA) is 86.9 Å². The van der Waals surface area contributed by atoms with Crippen molar-refractivity contribution in [2.24, 2.45) is 0 Å².